The molecule has 1 amide bonds. The van der Waals surface area contributed by atoms with E-state index in [1.54, 1.807) is 30.1 Å². The first-order chi connectivity index (χ1) is 9.70. The highest BCUT2D eigenvalue weighted by molar-refractivity contribution is 5.96. The van der Waals surface area contributed by atoms with Gasteiger partial charge in [-0.05, 0) is 31.4 Å². The van der Waals surface area contributed by atoms with Crippen LogP contribution in [0.4, 0.5) is 0 Å². The maximum Gasteiger partial charge on any atom is 0.254 e. The number of amides is 1. The van der Waals surface area contributed by atoms with Gasteiger partial charge in [-0.15, -0.1) is 0 Å². The zero-order valence-electron chi connectivity index (χ0n) is 11.8. The summed E-state index contributed by atoms with van der Waals surface area (Å²) in [6.45, 7) is 0.622. The van der Waals surface area contributed by atoms with Crippen molar-refractivity contribution in [2.45, 2.75) is 19.3 Å². The Labute approximate surface area is 120 Å². The van der Waals surface area contributed by atoms with Crippen LogP contribution < -0.4 is 0 Å². The Kier molecular flexibility index (Phi) is 7.41. The second-order valence-electron chi connectivity index (χ2n) is 4.52. The van der Waals surface area contributed by atoms with E-state index in [-0.39, 0.29) is 19.1 Å². The number of carbonyl (C=O) groups excluding carboxylic acids is 1. The van der Waals surface area contributed by atoms with Crippen LogP contribution in [0.3, 0.4) is 0 Å². The summed E-state index contributed by atoms with van der Waals surface area (Å²) in [5, 5.41) is 17.5. The lowest BCUT2D eigenvalue weighted by atomic mass is 10.1. The molecule has 4 heteroatoms. The van der Waals surface area contributed by atoms with Gasteiger partial charge in [0, 0.05) is 25.8 Å². The summed E-state index contributed by atoms with van der Waals surface area (Å²) < 4.78 is 0. The van der Waals surface area contributed by atoms with Gasteiger partial charge in [-0.1, -0.05) is 24.0 Å². The SMILES string of the molecule is CN(CCCCCO)C(=O)c1ccccc1C#CCO. The predicted octanol–water partition coefficient (Wildman–Crippen LogP) is 1.26. The van der Waals surface area contributed by atoms with E-state index in [2.05, 4.69) is 11.8 Å². The summed E-state index contributed by atoms with van der Waals surface area (Å²) in [4.78, 5) is 14.0. The maximum atomic E-state index is 12.3. The molecule has 0 saturated heterocycles. The van der Waals surface area contributed by atoms with E-state index < -0.39 is 0 Å². The highest BCUT2D eigenvalue weighted by atomic mass is 16.3. The van der Waals surface area contributed by atoms with Gasteiger partial charge in [0.05, 0.1) is 5.56 Å². The van der Waals surface area contributed by atoms with Gasteiger partial charge < -0.3 is 15.1 Å². The van der Waals surface area contributed by atoms with E-state index in [0.717, 1.165) is 19.3 Å². The van der Waals surface area contributed by atoms with Gasteiger partial charge in [-0.2, -0.15) is 0 Å². The van der Waals surface area contributed by atoms with Crippen molar-refractivity contribution >= 4 is 5.91 Å². The second-order valence-corrected chi connectivity index (χ2v) is 4.52. The van der Waals surface area contributed by atoms with E-state index in [1.165, 1.54) is 0 Å². The van der Waals surface area contributed by atoms with Crippen molar-refractivity contribution < 1.29 is 15.0 Å². The first-order valence-electron chi connectivity index (χ1n) is 6.75. The van der Waals surface area contributed by atoms with E-state index >= 15 is 0 Å². The molecule has 0 aliphatic carbocycles. The van der Waals surface area contributed by atoms with Gasteiger partial charge in [-0.3, -0.25) is 4.79 Å². The number of hydrogen-bond donors (Lipinski definition) is 2. The fourth-order valence-electron chi connectivity index (χ4n) is 1.86. The normalized spacial score (nSPS) is 9.75. The quantitative estimate of drug-likeness (QED) is 0.607. The second kappa shape index (κ2) is 9.13. The summed E-state index contributed by atoms with van der Waals surface area (Å²) in [5.41, 5.74) is 1.19. The Morgan fingerprint density at radius 3 is 2.65 bits per heavy atom. The van der Waals surface area contributed by atoms with Crippen molar-refractivity contribution in [1.82, 2.24) is 4.90 Å². The van der Waals surface area contributed by atoms with Crippen LogP contribution in [-0.2, 0) is 0 Å². The molecule has 4 nitrogen and oxygen atoms in total. The smallest absolute Gasteiger partial charge is 0.254 e. The van der Waals surface area contributed by atoms with Crippen molar-refractivity contribution in [3.8, 4) is 11.8 Å². The lowest BCUT2D eigenvalue weighted by molar-refractivity contribution is 0.0792. The Hall–Kier alpha value is -1.83. The molecule has 0 radical (unpaired) electrons. The van der Waals surface area contributed by atoms with E-state index in [0.29, 0.717) is 17.7 Å². The molecule has 1 aromatic carbocycles. The molecule has 0 atom stereocenters. The summed E-state index contributed by atoms with van der Waals surface area (Å²) in [5.74, 6) is 5.29. The summed E-state index contributed by atoms with van der Waals surface area (Å²) in [6.07, 6.45) is 2.54. The lowest BCUT2D eigenvalue weighted by Crippen LogP contribution is -2.28. The van der Waals surface area contributed by atoms with Crippen LogP contribution in [0.15, 0.2) is 24.3 Å². The minimum Gasteiger partial charge on any atom is -0.396 e. The molecule has 0 bridgehead atoms. The van der Waals surface area contributed by atoms with Gasteiger partial charge in [0.15, 0.2) is 0 Å². The molecule has 0 fully saturated rings. The van der Waals surface area contributed by atoms with Gasteiger partial charge in [0.1, 0.15) is 6.61 Å². The number of aliphatic hydroxyl groups is 2. The van der Waals surface area contributed by atoms with Crippen molar-refractivity contribution in [3.63, 3.8) is 0 Å². The number of unbranched alkanes of at least 4 members (excludes halogenated alkanes) is 2. The number of aliphatic hydroxyl groups excluding tert-OH is 2. The Balaban J connectivity index is 2.71. The molecule has 0 unspecified atom stereocenters. The zero-order valence-corrected chi connectivity index (χ0v) is 11.8. The molecule has 0 saturated carbocycles. The van der Waals surface area contributed by atoms with Crippen molar-refractivity contribution in [2.75, 3.05) is 26.8 Å². The molecule has 1 aromatic rings. The summed E-state index contributed by atoms with van der Waals surface area (Å²) >= 11 is 0. The molecule has 0 heterocycles. The van der Waals surface area contributed by atoms with Crippen LogP contribution in [0, 0.1) is 11.8 Å². The third kappa shape index (κ3) is 5.04. The Morgan fingerprint density at radius 2 is 1.95 bits per heavy atom. The molecule has 1 rings (SSSR count). The standard InChI is InChI=1S/C16H21NO3/c1-17(11-5-2-6-12-18)16(20)15-10-4-3-8-14(15)9-7-13-19/h3-4,8,10,18-19H,2,5-6,11-13H2,1H3. The van der Waals surface area contributed by atoms with Crippen molar-refractivity contribution in [2.24, 2.45) is 0 Å². The highest BCUT2D eigenvalue weighted by Crippen LogP contribution is 2.11. The van der Waals surface area contributed by atoms with Crippen LogP contribution in [0.5, 0.6) is 0 Å². The third-order valence-electron chi connectivity index (χ3n) is 2.96. The first kappa shape index (κ1) is 16.2. The molecule has 0 aliphatic rings. The van der Waals surface area contributed by atoms with E-state index in [1.807, 2.05) is 6.07 Å². The fraction of sp³-hybridized carbons (Fsp3) is 0.438. The van der Waals surface area contributed by atoms with Crippen LogP contribution in [-0.4, -0.2) is 47.8 Å². The number of benzene rings is 1. The Bertz CT molecular complexity index is 488. The minimum absolute atomic E-state index is 0.0724. The van der Waals surface area contributed by atoms with Crippen LogP contribution in [0.1, 0.15) is 35.2 Å². The number of carbonyl (C=O) groups is 1. The number of nitrogens with zero attached hydrogens (tertiary/aromatic N) is 1. The van der Waals surface area contributed by atoms with Gasteiger partial charge in [0.2, 0.25) is 0 Å². The topological polar surface area (TPSA) is 60.8 Å². The number of rotatable bonds is 6. The highest BCUT2D eigenvalue weighted by Gasteiger charge is 2.14. The molecular weight excluding hydrogens is 254 g/mol. The Morgan fingerprint density at radius 1 is 1.20 bits per heavy atom. The average molecular weight is 275 g/mol. The molecular formula is C16H21NO3. The van der Waals surface area contributed by atoms with Crippen molar-refractivity contribution in [3.05, 3.63) is 35.4 Å². The van der Waals surface area contributed by atoms with Gasteiger partial charge >= 0.3 is 0 Å². The zero-order chi connectivity index (χ0) is 14.8. The lowest BCUT2D eigenvalue weighted by Gasteiger charge is -2.17. The third-order valence-corrected chi connectivity index (χ3v) is 2.96. The molecule has 2 N–H and O–H groups in total. The van der Waals surface area contributed by atoms with E-state index in [4.69, 9.17) is 10.2 Å². The van der Waals surface area contributed by atoms with Crippen LogP contribution in [0.2, 0.25) is 0 Å². The maximum absolute atomic E-state index is 12.3. The van der Waals surface area contributed by atoms with Gasteiger partial charge in [-0.25, -0.2) is 0 Å². The van der Waals surface area contributed by atoms with Gasteiger partial charge in [0.25, 0.3) is 5.91 Å². The first-order valence-corrected chi connectivity index (χ1v) is 6.75. The average Bonchev–Trinajstić information content (AvgIpc) is 2.49. The fourth-order valence-corrected chi connectivity index (χ4v) is 1.86. The minimum atomic E-state index is -0.223. The molecule has 0 aliphatic heterocycles. The van der Waals surface area contributed by atoms with Crippen LogP contribution in [0.25, 0.3) is 0 Å². The summed E-state index contributed by atoms with van der Waals surface area (Å²) in [6, 6.07) is 7.14. The van der Waals surface area contributed by atoms with Crippen LogP contribution >= 0.6 is 0 Å². The molecule has 0 spiro atoms. The monoisotopic (exact) mass is 275 g/mol. The molecule has 20 heavy (non-hydrogen) atoms. The molecule has 0 aromatic heterocycles. The number of hydrogen-bond acceptors (Lipinski definition) is 3. The van der Waals surface area contributed by atoms with Crippen molar-refractivity contribution in [1.29, 1.82) is 0 Å². The van der Waals surface area contributed by atoms with E-state index in [9.17, 15) is 4.79 Å². The summed E-state index contributed by atoms with van der Waals surface area (Å²) in [7, 11) is 1.76. The molecule has 108 valence electrons. The predicted molar refractivity (Wildman–Crippen MR) is 78.3 cm³/mol. The largest absolute Gasteiger partial charge is 0.396 e.